The molecule has 1 aromatic carbocycles. The zero-order chi connectivity index (χ0) is 15.4. The van der Waals surface area contributed by atoms with Crippen LogP contribution in [-0.2, 0) is 4.79 Å². The van der Waals surface area contributed by atoms with Crippen LogP contribution in [0.5, 0.6) is 11.5 Å². The summed E-state index contributed by atoms with van der Waals surface area (Å²) in [5.41, 5.74) is 0.737. The molecule has 21 heavy (non-hydrogen) atoms. The molecule has 1 amide bonds. The number of thiocarbonyl (C=S) groups is 1. The Morgan fingerprint density at radius 1 is 1.48 bits per heavy atom. The van der Waals surface area contributed by atoms with Crippen molar-refractivity contribution in [2.75, 3.05) is 19.8 Å². The van der Waals surface area contributed by atoms with Gasteiger partial charge in [0.15, 0.2) is 11.5 Å². The second-order valence-corrected chi connectivity index (χ2v) is 5.89. The van der Waals surface area contributed by atoms with Gasteiger partial charge in [0.1, 0.15) is 4.32 Å². The predicted molar refractivity (Wildman–Crippen MR) is 86.2 cm³/mol. The summed E-state index contributed by atoms with van der Waals surface area (Å²) in [6, 6.07) is 4.87. The van der Waals surface area contributed by atoms with Gasteiger partial charge < -0.3 is 14.9 Å². The molecule has 0 atom stereocenters. The molecule has 0 saturated carbocycles. The van der Waals surface area contributed by atoms with Crippen LogP contribution in [0.2, 0.25) is 0 Å². The van der Waals surface area contributed by atoms with E-state index in [4.69, 9.17) is 22.1 Å². The summed E-state index contributed by atoms with van der Waals surface area (Å²) in [7, 11) is 0. The minimum atomic E-state index is -0.218. The lowest BCUT2D eigenvalue weighted by molar-refractivity contribution is -0.122. The van der Waals surface area contributed by atoms with Gasteiger partial charge >= 0.3 is 0 Å². The van der Waals surface area contributed by atoms with Gasteiger partial charge in [-0.05, 0) is 30.7 Å². The van der Waals surface area contributed by atoms with Crippen molar-refractivity contribution in [2.45, 2.75) is 6.92 Å². The molecule has 1 aliphatic rings. The van der Waals surface area contributed by atoms with E-state index in [1.807, 2.05) is 6.92 Å². The van der Waals surface area contributed by atoms with Crippen LogP contribution in [-0.4, -0.2) is 45.1 Å². The lowest BCUT2D eigenvalue weighted by atomic mass is 10.2. The SMILES string of the molecule is CCOc1cc(/C=C2\SC(=S)N(CCO)C2=O)ccc1O. The van der Waals surface area contributed by atoms with Crippen molar-refractivity contribution in [2.24, 2.45) is 0 Å². The van der Waals surface area contributed by atoms with E-state index < -0.39 is 0 Å². The topological polar surface area (TPSA) is 70.0 Å². The first kappa shape index (κ1) is 15.8. The van der Waals surface area contributed by atoms with Crippen LogP contribution in [0.3, 0.4) is 0 Å². The third-order valence-electron chi connectivity index (χ3n) is 2.78. The smallest absolute Gasteiger partial charge is 0.266 e. The standard InChI is InChI=1S/C14H15NO4S2/c1-2-19-11-7-9(3-4-10(11)17)8-12-13(18)15(5-6-16)14(20)21-12/h3-4,7-8,16-17H,2,5-6H2,1H3/b12-8-. The maximum absolute atomic E-state index is 12.1. The third-order valence-corrected chi connectivity index (χ3v) is 4.16. The Kier molecular flexibility index (Phi) is 5.22. The minimum Gasteiger partial charge on any atom is -0.504 e. The molecule has 2 rings (SSSR count). The number of hydrogen-bond donors (Lipinski definition) is 2. The fraction of sp³-hybridized carbons (Fsp3) is 0.286. The molecule has 0 aliphatic carbocycles. The molecule has 1 saturated heterocycles. The Morgan fingerprint density at radius 2 is 2.24 bits per heavy atom. The number of ether oxygens (including phenoxy) is 1. The van der Waals surface area contributed by atoms with Gasteiger partial charge in [-0.15, -0.1) is 0 Å². The number of phenols is 1. The summed E-state index contributed by atoms with van der Waals surface area (Å²) in [4.78, 5) is 14.0. The molecule has 2 N–H and O–H groups in total. The summed E-state index contributed by atoms with van der Waals surface area (Å²) in [5, 5.41) is 18.6. The van der Waals surface area contributed by atoms with Crippen LogP contribution in [0, 0.1) is 0 Å². The van der Waals surface area contributed by atoms with Gasteiger partial charge in [-0.25, -0.2) is 0 Å². The number of aromatic hydroxyl groups is 1. The van der Waals surface area contributed by atoms with Gasteiger partial charge in [-0.3, -0.25) is 9.69 Å². The lowest BCUT2D eigenvalue weighted by Gasteiger charge is -2.11. The number of benzene rings is 1. The monoisotopic (exact) mass is 325 g/mol. The van der Waals surface area contributed by atoms with Gasteiger partial charge in [0.2, 0.25) is 0 Å². The quantitative estimate of drug-likeness (QED) is 0.637. The molecule has 1 fully saturated rings. The molecule has 0 radical (unpaired) electrons. The van der Waals surface area contributed by atoms with E-state index in [0.29, 0.717) is 21.6 Å². The van der Waals surface area contributed by atoms with E-state index in [1.165, 1.54) is 22.7 Å². The van der Waals surface area contributed by atoms with Gasteiger partial charge in [0.05, 0.1) is 24.7 Å². The van der Waals surface area contributed by atoms with E-state index >= 15 is 0 Å². The number of aliphatic hydroxyl groups excluding tert-OH is 1. The molecule has 5 nitrogen and oxygen atoms in total. The third kappa shape index (κ3) is 3.55. The van der Waals surface area contributed by atoms with Crippen LogP contribution in [0.1, 0.15) is 12.5 Å². The molecule has 7 heteroatoms. The number of aliphatic hydroxyl groups is 1. The second-order valence-electron chi connectivity index (χ2n) is 4.22. The lowest BCUT2D eigenvalue weighted by Crippen LogP contribution is -2.30. The Hall–Kier alpha value is -1.57. The average Bonchev–Trinajstić information content (AvgIpc) is 2.71. The summed E-state index contributed by atoms with van der Waals surface area (Å²) in [6.45, 7) is 2.33. The van der Waals surface area contributed by atoms with Crippen molar-refractivity contribution < 1.29 is 19.7 Å². The van der Waals surface area contributed by atoms with Crippen LogP contribution >= 0.6 is 24.0 Å². The maximum atomic E-state index is 12.1. The second kappa shape index (κ2) is 6.93. The molecule has 0 spiro atoms. The Balaban J connectivity index is 2.26. The van der Waals surface area contributed by atoms with Gasteiger partial charge in [-0.2, -0.15) is 0 Å². The summed E-state index contributed by atoms with van der Waals surface area (Å²) >= 11 is 6.31. The molecular formula is C14H15NO4S2. The van der Waals surface area contributed by atoms with E-state index in [0.717, 1.165) is 5.56 Å². The molecule has 1 heterocycles. The predicted octanol–water partition coefficient (Wildman–Crippen LogP) is 1.98. The molecule has 0 aromatic heterocycles. The molecule has 0 unspecified atom stereocenters. The number of rotatable bonds is 5. The van der Waals surface area contributed by atoms with E-state index in [2.05, 4.69) is 0 Å². The Morgan fingerprint density at radius 3 is 2.90 bits per heavy atom. The number of thioether (sulfide) groups is 1. The fourth-order valence-corrected chi connectivity index (χ4v) is 3.14. The highest BCUT2D eigenvalue weighted by atomic mass is 32.2. The Labute approximate surface area is 132 Å². The van der Waals surface area contributed by atoms with Crippen LogP contribution < -0.4 is 4.74 Å². The number of amides is 1. The average molecular weight is 325 g/mol. The number of nitrogens with zero attached hydrogens (tertiary/aromatic N) is 1. The normalized spacial score (nSPS) is 16.9. The first-order chi connectivity index (χ1) is 10.1. The fourth-order valence-electron chi connectivity index (χ4n) is 1.84. The van der Waals surface area contributed by atoms with Gasteiger partial charge in [0.25, 0.3) is 5.91 Å². The summed E-state index contributed by atoms with van der Waals surface area (Å²) in [6.07, 6.45) is 1.69. The molecular weight excluding hydrogens is 310 g/mol. The number of β-amino-alcohol motifs (C(OH)–C–C–N with tert-alkyl or cyclic N) is 1. The summed E-state index contributed by atoms with van der Waals surface area (Å²) < 4.78 is 5.74. The number of carbonyl (C=O) groups is 1. The zero-order valence-electron chi connectivity index (χ0n) is 11.4. The first-order valence-corrected chi connectivity index (χ1v) is 7.61. The van der Waals surface area contributed by atoms with E-state index in [1.54, 1.807) is 18.2 Å². The highest BCUT2D eigenvalue weighted by molar-refractivity contribution is 8.26. The van der Waals surface area contributed by atoms with Gasteiger partial charge in [0, 0.05) is 0 Å². The number of carbonyl (C=O) groups excluding carboxylic acids is 1. The van der Waals surface area contributed by atoms with Crippen molar-refractivity contribution in [3.63, 3.8) is 0 Å². The highest BCUT2D eigenvalue weighted by Crippen LogP contribution is 2.34. The van der Waals surface area contributed by atoms with Crippen molar-refractivity contribution >= 4 is 40.3 Å². The molecule has 0 bridgehead atoms. The highest BCUT2D eigenvalue weighted by Gasteiger charge is 2.31. The summed E-state index contributed by atoms with van der Waals surface area (Å²) in [5.74, 6) is 0.212. The number of hydrogen-bond acceptors (Lipinski definition) is 6. The van der Waals surface area contributed by atoms with Crippen molar-refractivity contribution in [1.82, 2.24) is 4.90 Å². The number of phenolic OH excluding ortho intramolecular Hbond substituents is 1. The Bertz CT molecular complexity index is 601. The minimum absolute atomic E-state index is 0.0572. The molecule has 1 aromatic rings. The zero-order valence-corrected chi connectivity index (χ0v) is 13.0. The van der Waals surface area contributed by atoms with E-state index in [9.17, 15) is 9.90 Å². The van der Waals surface area contributed by atoms with Crippen LogP contribution in [0.25, 0.3) is 6.08 Å². The maximum Gasteiger partial charge on any atom is 0.266 e. The largest absolute Gasteiger partial charge is 0.504 e. The van der Waals surface area contributed by atoms with E-state index in [-0.39, 0.29) is 24.8 Å². The van der Waals surface area contributed by atoms with Crippen molar-refractivity contribution in [3.8, 4) is 11.5 Å². The molecule has 1 aliphatic heterocycles. The van der Waals surface area contributed by atoms with Crippen molar-refractivity contribution in [3.05, 3.63) is 28.7 Å². The first-order valence-electron chi connectivity index (χ1n) is 6.39. The van der Waals surface area contributed by atoms with Gasteiger partial charge in [-0.1, -0.05) is 30.0 Å². The molecule has 112 valence electrons. The van der Waals surface area contributed by atoms with Crippen LogP contribution in [0.15, 0.2) is 23.1 Å². The van der Waals surface area contributed by atoms with Crippen molar-refractivity contribution in [1.29, 1.82) is 0 Å². The van der Waals surface area contributed by atoms with Crippen LogP contribution in [0.4, 0.5) is 0 Å².